The highest BCUT2D eigenvalue weighted by Gasteiger charge is 2.16. The van der Waals surface area contributed by atoms with E-state index in [1.165, 1.54) is 42.4 Å². The van der Waals surface area contributed by atoms with E-state index < -0.39 is 0 Å². The molecule has 3 N–H and O–H groups in total. The number of aromatic nitrogens is 1. The third-order valence-corrected chi connectivity index (χ3v) is 6.90. The molecule has 0 bridgehead atoms. The highest BCUT2D eigenvalue weighted by molar-refractivity contribution is 7.25. The van der Waals surface area contributed by atoms with Gasteiger partial charge in [0.1, 0.15) is 0 Å². The largest absolute Gasteiger partial charge is 0.353 e. The number of para-hydroxylation sites is 1. The smallest absolute Gasteiger partial charge is 0.0651 e. The van der Waals surface area contributed by atoms with E-state index in [1.807, 2.05) is 23.5 Å². The molecule has 0 aliphatic carbocycles. The molecule has 4 heteroatoms. The number of thiophene rings is 1. The third kappa shape index (κ3) is 2.91. The van der Waals surface area contributed by atoms with Crippen LogP contribution in [0, 0.1) is 0 Å². The fourth-order valence-electron chi connectivity index (χ4n) is 4.07. The zero-order valence-corrected chi connectivity index (χ0v) is 17.0. The van der Waals surface area contributed by atoms with E-state index >= 15 is 0 Å². The van der Waals surface area contributed by atoms with Gasteiger partial charge in [0.15, 0.2) is 0 Å². The van der Waals surface area contributed by atoms with E-state index in [9.17, 15) is 0 Å². The number of nitrogens with one attached hydrogen (secondary N) is 1. The number of nitrogens with two attached hydrogens (primary N) is 1. The summed E-state index contributed by atoms with van der Waals surface area (Å²) >= 11 is 8.35. The number of aromatic amines is 1. The van der Waals surface area contributed by atoms with Crippen LogP contribution >= 0.6 is 22.9 Å². The molecule has 2 nitrogen and oxygen atoms in total. The lowest BCUT2D eigenvalue weighted by Gasteiger charge is -2.06. The van der Waals surface area contributed by atoms with Crippen molar-refractivity contribution in [2.45, 2.75) is 19.3 Å². The van der Waals surface area contributed by atoms with Crippen LogP contribution < -0.4 is 5.73 Å². The maximum absolute atomic E-state index is 6.50. The van der Waals surface area contributed by atoms with Gasteiger partial charge in [-0.1, -0.05) is 48.0 Å². The molecule has 5 rings (SSSR count). The van der Waals surface area contributed by atoms with Crippen LogP contribution in [0.15, 0.2) is 60.7 Å². The molecule has 0 amide bonds. The van der Waals surface area contributed by atoms with Crippen LogP contribution in [0.1, 0.15) is 18.4 Å². The third-order valence-electron chi connectivity index (χ3n) is 5.44. The van der Waals surface area contributed by atoms with Gasteiger partial charge in [0, 0.05) is 31.3 Å². The van der Waals surface area contributed by atoms with E-state index in [0.717, 1.165) is 36.3 Å². The molecule has 3 aromatic carbocycles. The van der Waals surface area contributed by atoms with Crippen molar-refractivity contribution >= 4 is 54.0 Å². The van der Waals surface area contributed by atoms with E-state index in [4.69, 9.17) is 17.3 Å². The Morgan fingerprint density at radius 1 is 0.857 bits per heavy atom. The van der Waals surface area contributed by atoms with E-state index in [1.54, 1.807) is 0 Å². The summed E-state index contributed by atoms with van der Waals surface area (Å²) in [6, 6.07) is 21.6. The van der Waals surface area contributed by atoms with Gasteiger partial charge in [0.2, 0.25) is 0 Å². The minimum atomic E-state index is 0.727. The summed E-state index contributed by atoms with van der Waals surface area (Å²) in [5.74, 6) is 0. The number of aryl methyl sites for hydroxylation is 1. The summed E-state index contributed by atoms with van der Waals surface area (Å²) in [6.45, 7) is 0.727. The van der Waals surface area contributed by atoms with Crippen molar-refractivity contribution in [2.24, 2.45) is 5.73 Å². The Bertz CT molecular complexity index is 1300. The van der Waals surface area contributed by atoms with Gasteiger partial charge >= 0.3 is 0 Å². The summed E-state index contributed by atoms with van der Waals surface area (Å²) in [6.07, 6.45) is 3.10. The van der Waals surface area contributed by atoms with Gasteiger partial charge in [0.05, 0.1) is 10.5 Å². The lowest BCUT2D eigenvalue weighted by atomic mass is 9.99. The summed E-state index contributed by atoms with van der Waals surface area (Å²) in [7, 11) is 0. The number of benzene rings is 3. The Morgan fingerprint density at radius 2 is 1.68 bits per heavy atom. The van der Waals surface area contributed by atoms with E-state index in [-0.39, 0.29) is 0 Å². The Morgan fingerprint density at radius 3 is 2.57 bits per heavy atom. The predicted octanol–water partition coefficient (Wildman–Crippen LogP) is 7.14. The van der Waals surface area contributed by atoms with Crippen molar-refractivity contribution in [3.05, 3.63) is 71.2 Å². The summed E-state index contributed by atoms with van der Waals surface area (Å²) < 4.78 is 2.65. The molecule has 0 aliphatic rings. The maximum Gasteiger partial charge on any atom is 0.0651 e. The van der Waals surface area contributed by atoms with Gasteiger partial charge in [0.25, 0.3) is 0 Å². The fourth-order valence-corrected chi connectivity index (χ4v) is 5.38. The van der Waals surface area contributed by atoms with Crippen LogP contribution in [-0.4, -0.2) is 11.5 Å². The Balaban J connectivity index is 1.72. The first-order valence-corrected chi connectivity index (χ1v) is 10.9. The second-order valence-corrected chi connectivity index (χ2v) is 8.69. The second kappa shape index (κ2) is 7.25. The van der Waals surface area contributed by atoms with Crippen molar-refractivity contribution in [3.63, 3.8) is 0 Å². The van der Waals surface area contributed by atoms with E-state index in [0.29, 0.717) is 0 Å². The first-order valence-electron chi connectivity index (χ1n) is 9.67. The molecule has 0 spiro atoms. The van der Waals surface area contributed by atoms with Gasteiger partial charge in [-0.15, -0.1) is 11.3 Å². The van der Waals surface area contributed by atoms with Crippen LogP contribution in [0.5, 0.6) is 0 Å². The summed E-state index contributed by atoms with van der Waals surface area (Å²) in [4.78, 5) is 3.62. The van der Waals surface area contributed by atoms with Gasteiger partial charge in [-0.25, -0.2) is 0 Å². The average Bonchev–Trinajstić information content (AvgIpc) is 3.27. The molecule has 0 saturated carbocycles. The van der Waals surface area contributed by atoms with E-state index in [2.05, 4.69) is 53.5 Å². The average molecular weight is 405 g/mol. The van der Waals surface area contributed by atoms with Gasteiger partial charge in [-0.05, 0) is 61.2 Å². The number of rotatable bonds is 5. The molecule has 5 aromatic rings. The molecule has 0 atom stereocenters. The van der Waals surface area contributed by atoms with Crippen LogP contribution in [0.4, 0.5) is 0 Å². The minimum Gasteiger partial charge on any atom is -0.353 e. The molecular weight excluding hydrogens is 384 g/mol. The van der Waals surface area contributed by atoms with Gasteiger partial charge in [-0.3, -0.25) is 0 Å². The molecule has 2 heterocycles. The van der Waals surface area contributed by atoms with Crippen molar-refractivity contribution in [1.29, 1.82) is 0 Å². The number of hydrogen-bond donors (Lipinski definition) is 2. The lowest BCUT2D eigenvalue weighted by molar-refractivity contribution is 0.748. The van der Waals surface area contributed by atoms with Crippen LogP contribution in [0.2, 0.25) is 5.02 Å². The molecule has 0 radical (unpaired) electrons. The SMILES string of the molecule is NCCCCc1c(-c2ccc3sc4ccccc4c3c2)[nH]c2c(Cl)cccc12. The first-order chi connectivity index (χ1) is 13.8. The quantitative estimate of drug-likeness (QED) is 0.300. The minimum absolute atomic E-state index is 0.727. The zero-order valence-electron chi connectivity index (χ0n) is 15.5. The summed E-state index contributed by atoms with van der Waals surface area (Å²) in [5, 5.41) is 4.62. The Labute approximate surface area is 172 Å². The number of H-pyrrole nitrogens is 1. The van der Waals surface area contributed by atoms with Gasteiger partial charge in [-0.2, -0.15) is 0 Å². The normalized spacial score (nSPS) is 11.8. The standard InChI is InChI=1S/C24H21ClN2S/c25-20-9-5-8-18-17(7-3-4-13-26)23(27-24(18)20)15-11-12-22-19(14-15)16-6-1-2-10-21(16)28-22/h1-2,5-6,8-12,14,27H,3-4,7,13,26H2. The highest BCUT2D eigenvalue weighted by Crippen LogP contribution is 2.39. The molecule has 28 heavy (non-hydrogen) atoms. The Hall–Kier alpha value is -2.33. The number of unbranched alkanes of at least 4 members (excludes halogenated alkanes) is 1. The second-order valence-electron chi connectivity index (χ2n) is 7.20. The topological polar surface area (TPSA) is 41.8 Å². The lowest BCUT2D eigenvalue weighted by Crippen LogP contribution is -1.99. The van der Waals surface area contributed by atoms with Crippen molar-refractivity contribution < 1.29 is 0 Å². The summed E-state index contributed by atoms with van der Waals surface area (Å²) in [5.41, 5.74) is 10.5. The number of halogens is 1. The molecule has 0 saturated heterocycles. The Kier molecular flexibility index (Phi) is 4.59. The fraction of sp³-hybridized carbons (Fsp3) is 0.167. The predicted molar refractivity (Wildman–Crippen MR) is 124 cm³/mol. The molecule has 0 aliphatic heterocycles. The maximum atomic E-state index is 6.50. The molecule has 2 aromatic heterocycles. The monoisotopic (exact) mass is 404 g/mol. The molecule has 0 unspecified atom stereocenters. The number of hydrogen-bond acceptors (Lipinski definition) is 2. The van der Waals surface area contributed by atoms with Crippen molar-refractivity contribution in [2.75, 3.05) is 6.54 Å². The van der Waals surface area contributed by atoms with Crippen LogP contribution in [0.3, 0.4) is 0 Å². The van der Waals surface area contributed by atoms with Crippen molar-refractivity contribution in [1.82, 2.24) is 4.98 Å². The van der Waals surface area contributed by atoms with Crippen molar-refractivity contribution in [3.8, 4) is 11.3 Å². The molecule has 0 fully saturated rings. The zero-order chi connectivity index (χ0) is 19.1. The number of fused-ring (bicyclic) bond motifs is 4. The molecular formula is C24H21ClN2S. The van der Waals surface area contributed by atoms with Gasteiger partial charge < -0.3 is 10.7 Å². The highest BCUT2D eigenvalue weighted by atomic mass is 35.5. The first kappa shape index (κ1) is 17.7. The molecule has 140 valence electrons. The van der Waals surface area contributed by atoms with Crippen LogP contribution in [-0.2, 0) is 6.42 Å². The van der Waals surface area contributed by atoms with Crippen LogP contribution in [0.25, 0.3) is 42.3 Å².